The van der Waals surface area contributed by atoms with E-state index in [9.17, 15) is 0 Å². The normalized spacial score (nSPS) is 13.1. The van der Waals surface area contributed by atoms with E-state index < -0.39 is 5.50 Å². The SMILES string of the molecule is S=C(OCc1ccc(Cl)c(Cl)c1)SC(c1ccc(Cl)cc1)C(Cl)n1ccnc1. The molecule has 2 aromatic carbocycles. The zero-order chi connectivity index (χ0) is 20.1. The van der Waals surface area contributed by atoms with Gasteiger partial charge in [-0.15, -0.1) is 0 Å². The van der Waals surface area contributed by atoms with Crippen LogP contribution < -0.4 is 0 Å². The molecule has 1 heterocycles. The Balaban J connectivity index is 1.72. The van der Waals surface area contributed by atoms with Crippen LogP contribution in [0.1, 0.15) is 21.9 Å². The minimum atomic E-state index is -0.416. The maximum Gasteiger partial charge on any atom is 0.221 e. The molecule has 2 atom stereocenters. The number of nitrogens with zero attached hydrogens (tertiary/aromatic N) is 2. The number of ether oxygens (including phenoxy) is 1. The van der Waals surface area contributed by atoms with Crippen molar-refractivity contribution in [3.63, 3.8) is 0 Å². The summed E-state index contributed by atoms with van der Waals surface area (Å²) >= 11 is 31.5. The predicted molar refractivity (Wildman–Crippen MR) is 123 cm³/mol. The highest BCUT2D eigenvalue weighted by Gasteiger charge is 2.25. The summed E-state index contributed by atoms with van der Waals surface area (Å²) in [5, 5.41) is 1.42. The fourth-order valence-corrected chi connectivity index (χ4v) is 4.53. The van der Waals surface area contributed by atoms with Crippen LogP contribution in [0.5, 0.6) is 0 Å². The monoisotopic (exact) mass is 490 g/mol. The standard InChI is InChI=1S/C19H14Cl4N2OS2/c20-14-4-2-13(3-5-14)17(18(23)25-8-7-24-11-25)28-19(27)26-10-12-1-6-15(21)16(22)9-12/h1-9,11,17-18H,10H2. The number of hydrogen-bond donors (Lipinski definition) is 0. The largest absolute Gasteiger partial charge is 0.474 e. The zero-order valence-corrected chi connectivity index (χ0v) is 18.9. The fraction of sp³-hybridized carbons (Fsp3) is 0.158. The van der Waals surface area contributed by atoms with Crippen LogP contribution in [0.3, 0.4) is 0 Å². The number of hydrogen-bond acceptors (Lipinski definition) is 4. The van der Waals surface area contributed by atoms with E-state index in [-0.39, 0.29) is 11.9 Å². The number of rotatable bonds is 6. The van der Waals surface area contributed by atoms with E-state index >= 15 is 0 Å². The Bertz CT molecular complexity index is 936. The van der Waals surface area contributed by atoms with Crippen molar-refractivity contribution >= 4 is 74.8 Å². The maximum absolute atomic E-state index is 6.71. The summed E-state index contributed by atoms with van der Waals surface area (Å²) in [6, 6.07) is 12.8. The molecule has 28 heavy (non-hydrogen) atoms. The maximum atomic E-state index is 6.71. The van der Waals surface area contributed by atoms with Crippen molar-refractivity contribution in [2.24, 2.45) is 0 Å². The molecule has 0 N–H and O–H groups in total. The van der Waals surface area contributed by atoms with Gasteiger partial charge in [0, 0.05) is 17.4 Å². The highest BCUT2D eigenvalue weighted by Crippen LogP contribution is 2.42. The van der Waals surface area contributed by atoms with Crippen molar-refractivity contribution in [3.8, 4) is 0 Å². The Morgan fingerprint density at radius 2 is 1.86 bits per heavy atom. The van der Waals surface area contributed by atoms with E-state index in [0.717, 1.165) is 11.1 Å². The second-order valence-corrected chi connectivity index (χ2v) is 9.20. The first-order chi connectivity index (χ1) is 13.4. The van der Waals surface area contributed by atoms with E-state index in [0.29, 0.717) is 19.5 Å². The van der Waals surface area contributed by atoms with Crippen molar-refractivity contribution in [2.75, 3.05) is 0 Å². The molecule has 0 aliphatic carbocycles. The number of thiocarbonyl (C=S) groups is 1. The van der Waals surface area contributed by atoms with Gasteiger partial charge < -0.3 is 9.30 Å². The molecule has 3 rings (SSSR count). The fourth-order valence-electron chi connectivity index (χ4n) is 2.42. The Labute approximate surface area is 192 Å². The smallest absolute Gasteiger partial charge is 0.221 e. The summed E-state index contributed by atoms with van der Waals surface area (Å²) in [5.41, 5.74) is 1.43. The van der Waals surface area contributed by atoms with Gasteiger partial charge in [0.15, 0.2) is 0 Å². The third-order valence-corrected chi connectivity index (χ3v) is 6.94. The lowest BCUT2D eigenvalue weighted by molar-refractivity contribution is 0.310. The summed E-state index contributed by atoms with van der Waals surface area (Å²) in [5.74, 6) is 0. The minimum absolute atomic E-state index is 0.200. The molecule has 0 saturated heterocycles. The average Bonchev–Trinajstić information content (AvgIpc) is 3.22. The van der Waals surface area contributed by atoms with Crippen LogP contribution >= 0.6 is 70.4 Å². The molecule has 0 amide bonds. The van der Waals surface area contributed by atoms with Gasteiger partial charge in [-0.3, -0.25) is 0 Å². The van der Waals surface area contributed by atoms with Gasteiger partial charge in [-0.2, -0.15) is 0 Å². The molecule has 146 valence electrons. The second-order valence-electron chi connectivity index (χ2n) is 5.76. The summed E-state index contributed by atoms with van der Waals surface area (Å²) in [4.78, 5) is 4.06. The van der Waals surface area contributed by atoms with E-state index in [1.54, 1.807) is 30.9 Å². The highest BCUT2D eigenvalue weighted by molar-refractivity contribution is 8.22. The van der Waals surface area contributed by atoms with Crippen LogP contribution in [0.25, 0.3) is 0 Å². The minimum Gasteiger partial charge on any atom is -0.474 e. The van der Waals surface area contributed by atoms with E-state index in [4.69, 9.17) is 63.4 Å². The molecular weight excluding hydrogens is 478 g/mol. The molecule has 1 aromatic heterocycles. The van der Waals surface area contributed by atoms with Gasteiger partial charge >= 0.3 is 0 Å². The molecular formula is C19H14Cl4N2OS2. The molecule has 0 saturated carbocycles. The van der Waals surface area contributed by atoms with Gasteiger partial charge in [-0.1, -0.05) is 76.4 Å². The third-order valence-electron chi connectivity index (χ3n) is 3.82. The molecule has 0 aliphatic heterocycles. The van der Waals surface area contributed by atoms with E-state index in [1.807, 2.05) is 34.9 Å². The molecule has 0 aliphatic rings. The Kier molecular flexibility index (Phi) is 7.92. The van der Waals surface area contributed by atoms with Crippen molar-refractivity contribution in [1.29, 1.82) is 0 Å². The van der Waals surface area contributed by atoms with Crippen molar-refractivity contribution in [3.05, 3.63) is 87.4 Å². The van der Waals surface area contributed by atoms with Crippen LogP contribution in [0.2, 0.25) is 15.1 Å². The summed E-state index contributed by atoms with van der Waals surface area (Å²) in [6.45, 7) is 0.286. The lowest BCUT2D eigenvalue weighted by Gasteiger charge is -2.23. The lowest BCUT2D eigenvalue weighted by Crippen LogP contribution is -2.12. The predicted octanol–water partition coefficient (Wildman–Crippen LogP) is 7.56. The Hall–Kier alpha value is -0.950. The van der Waals surface area contributed by atoms with Crippen molar-refractivity contribution in [2.45, 2.75) is 17.4 Å². The molecule has 0 fully saturated rings. The van der Waals surface area contributed by atoms with Gasteiger partial charge in [-0.05, 0) is 47.6 Å². The molecule has 3 aromatic rings. The van der Waals surface area contributed by atoms with E-state index in [2.05, 4.69) is 4.98 Å². The zero-order valence-electron chi connectivity index (χ0n) is 14.3. The number of thioether (sulfide) groups is 1. The van der Waals surface area contributed by atoms with Crippen LogP contribution in [0, 0.1) is 0 Å². The first kappa shape index (κ1) is 21.8. The third kappa shape index (κ3) is 5.78. The highest BCUT2D eigenvalue weighted by atomic mass is 35.5. The Morgan fingerprint density at radius 1 is 1.11 bits per heavy atom. The first-order valence-corrected chi connectivity index (χ1v) is 10.9. The number of imidazole rings is 1. The average molecular weight is 492 g/mol. The molecule has 0 spiro atoms. The van der Waals surface area contributed by atoms with Crippen LogP contribution in [-0.2, 0) is 11.3 Å². The number of benzene rings is 2. The first-order valence-electron chi connectivity index (χ1n) is 8.08. The summed E-state index contributed by atoms with van der Waals surface area (Å²) in [7, 11) is 0. The molecule has 0 radical (unpaired) electrons. The van der Waals surface area contributed by atoms with Gasteiger partial charge in [0.2, 0.25) is 4.38 Å². The van der Waals surface area contributed by atoms with E-state index in [1.165, 1.54) is 11.8 Å². The van der Waals surface area contributed by atoms with Gasteiger partial charge in [0.05, 0.1) is 21.6 Å². The topological polar surface area (TPSA) is 27.1 Å². The summed E-state index contributed by atoms with van der Waals surface area (Å²) in [6.07, 6.45) is 5.15. The molecule has 2 unspecified atom stereocenters. The molecule has 3 nitrogen and oxygen atoms in total. The van der Waals surface area contributed by atoms with Gasteiger partial charge in [0.25, 0.3) is 0 Å². The van der Waals surface area contributed by atoms with Crippen LogP contribution in [0.4, 0.5) is 0 Å². The van der Waals surface area contributed by atoms with Crippen molar-refractivity contribution < 1.29 is 4.74 Å². The number of aromatic nitrogens is 2. The van der Waals surface area contributed by atoms with Crippen LogP contribution in [0.15, 0.2) is 61.2 Å². The summed E-state index contributed by atoms with van der Waals surface area (Å²) < 4.78 is 7.94. The second kappa shape index (κ2) is 10.2. The number of alkyl halides is 1. The van der Waals surface area contributed by atoms with Crippen LogP contribution in [-0.4, -0.2) is 13.9 Å². The van der Waals surface area contributed by atoms with Gasteiger partial charge in [0.1, 0.15) is 12.1 Å². The molecule has 9 heteroatoms. The van der Waals surface area contributed by atoms with Crippen molar-refractivity contribution in [1.82, 2.24) is 9.55 Å². The Morgan fingerprint density at radius 3 is 2.50 bits per heavy atom. The van der Waals surface area contributed by atoms with Gasteiger partial charge in [-0.25, -0.2) is 4.98 Å². The number of halogens is 4. The lowest BCUT2D eigenvalue weighted by atomic mass is 10.1. The molecule has 0 bridgehead atoms. The quantitative estimate of drug-likeness (QED) is 0.262.